The van der Waals surface area contributed by atoms with Crippen LogP contribution in [0.2, 0.25) is 0 Å². The number of aryl methyl sites for hydroxylation is 1. The van der Waals surface area contributed by atoms with Crippen LogP contribution in [0.3, 0.4) is 0 Å². The zero-order chi connectivity index (χ0) is 16.4. The number of ether oxygens (including phenoxy) is 1. The number of benzene rings is 1. The molecule has 0 aliphatic heterocycles. The van der Waals surface area contributed by atoms with Gasteiger partial charge in [0.2, 0.25) is 0 Å². The van der Waals surface area contributed by atoms with Gasteiger partial charge in [0, 0.05) is 0 Å². The zero-order valence-electron chi connectivity index (χ0n) is 13.1. The van der Waals surface area contributed by atoms with Gasteiger partial charge in [0.05, 0.1) is 22.6 Å². The molecule has 22 heavy (non-hydrogen) atoms. The van der Waals surface area contributed by atoms with Gasteiger partial charge in [-0.15, -0.1) is 0 Å². The fourth-order valence-electron chi connectivity index (χ4n) is 2.33. The lowest BCUT2D eigenvalue weighted by molar-refractivity contribution is -0.123. The minimum absolute atomic E-state index is 0.00325. The molecular weight excluding hydrogens is 282 g/mol. The molecule has 2 rings (SSSR count). The van der Waals surface area contributed by atoms with Crippen LogP contribution < -0.4 is 10.5 Å². The molecule has 116 valence electrons. The molecule has 0 fully saturated rings. The third kappa shape index (κ3) is 3.00. The summed E-state index contributed by atoms with van der Waals surface area (Å²) in [6.45, 7) is 6.79. The number of Topliss-reactive ketones (excluding diaryl/α,β-unsaturated/α-hetero) is 1. The Morgan fingerprint density at radius 1 is 1.23 bits per heavy atom. The summed E-state index contributed by atoms with van der Waals surface area (Å²) < 4.78 is 7.12. The first kappa shape index (κ1) is 15.8. The van der Waals surface area contributed by atoms with Crippen LogP contribution >= 0.6 is 0 Å². The minimum Gasteiger partial charge on any atom is -0.481 e. The molecule has 0 saturated carbocycles. The average molecular weight is 301 g/mol. The number of amides is 1. The number of nitrogens with zero attached hydrogens (tertiary/aromatic N) is 2. The molecule has 1 atom stereocenters. The summed E-state index contributed by atoms with van der Waals surface area (Å²) in [4.78, 5) is 22.6. The van der Waals surface area contributed by atoms with Crippen molar-refractivity contribution in [2.45, 2.75) is 33.8 Å². The van der Waals surface area contributed by atoms with Crippen LogP contribution in [0.25, 0.3) is 5.69 Å². The molecule has 6 heteroatoms. The van der Waals surface area contributed by atoms with E-state index in [2.05, 4.69) is 5.10 Å². The number of carbonyl (C=O) groups is 2. The van der Waals surface area contributed by atoms with E-state index >= 15 is 0 Å². The predicted octanol–water partition coefficient (Wildman–Crippen LogP) is 1.94. The van der Waals surface area contributed by atoms with Gasteiger partial charge in [-0.2, -0.15) is 5.10 Å². The van der Waals surface area contributed by atoms with Crippen molar-refractivity contribution in [2.24, 2.45) is 5.73 Å². The van der Waals surface area contributed by atoms with E-state index in [0.717, 1.165) is 11.4 Å². The number of primary amides is 1. The van der Waals surface area contributed by atoms with Crippen molar-refractivity contribution < 1.29 is 14.3 Å². The van der Waals surface area contributed by atoms with Crippen LogP contribution in [0.1, 0.15) is 35.6 Å². The van der Waals surface area contributed by atoms with E-state index in [0.29, 0.717) is 17.0 Å². The molecule has 0 saturated heterocycles. The fraction of sp³-hybridized carbons (Fsp3) is 0.312. The second-order valence-electron chi connectivity index (χ2n) is 5.17. The van der Waals surface area contributed by atoms with Gasteiger partial charge in [-0.05, 0) is 52.0 Å². The van der Waals surface area contributed by atoms with Crippen LogP contribution in [0.5, 0.6) is 5.75 Å². The molecule has 0 radical (unpaired) electrons. The van der Waals surface area contributed by atoms with Crippen LogP contribution in [0.4, 0.5) is 0 Å². The summed E-state index contributed by atoms with van der Waals surface area (Å²) in [5.74, 6) is 0.0218. The van der Waals surface area contributed by atoms with E-state index in [1.807, 2.05) is 26.0 Å². The third-order valence-corrected chi connectivity index (χ3v) is 3.44. The van der Waals surface area contributed by atoms with Gasteiger partial charge in [-0.25, -0.2) is 4.68 Å². The molecule has 6 nitrogen and oxygen atoms in total. The normalized spacial score (nSPS) is 12.0. The quantitative estimate of drug-likeness (QED) is 0.855. The van der Waals surface area contributed by atoms with Crippen LogP contribution in [-0.4, -0.2) is 27.6 Å². The average Bonchev–Trinajstić information content (AvgIpc) is 2.74. The Bertz CT molecular complexity index is 717. The number of hydrogen-bond donors (Lipinski definition) is 1. The second-order valence-corrected chi connectivity index (χ2v) is 5.17. The maximum Gasteiger partial charge on any atom is 0.258 e. The molecule has 1 heterocycles. The monoisotopic (exact) mass is 301 g/mol. The first-order chi connectivity index (χ1) is 10.3. The van der Waals surface area contributed by atoms with Crippen molar-refractivity contribution in [3.05, 3.63) is 41.2 Å². The van der Waals surface area contributed by atoms with E-state index in [-0.39, 0.29) is 5.78 Å². The van der Waals surface area contributed by atoms with E-state index in [9.17, 15) is 9.59 Å². The molecule has 0 bridgehead atoms. The van der Waals surface area contributed by atoms with Gasteiger partial charge in [-0.1, -0.05) is 0 Å². The summed E-state index contributed by atoms with van der Waals surface area (Å²) in [6.07, 6.45) is -0.691. The van der Waals surface area contributed by atoms with Gasteiger partial charge < -0.3 is 10.5 Å². The van der Waals surface area contributed by atoms with Crippen LogP contribution in [0, 0.1) is 13.8 Å². The lowest BCUT2D eigenvalue weighted by Gasteiger charge is -2.12. The van der Waals surface area contributed by atoms with Crippen molar-refractivity contribution in [3.8, 4) is 11.4 Å². The molecule has 1 aromatic heterocycles. The van der Waals surface area contributed by atoms with Crippen molar-refractivity contribution in [3.63, 3.8) is 0 Å². The molecular formula is C16H19N3O3. The van der Waals surface area contributed by atoms with Gasteiger partial charge in [0.1, 0.15) is 5.75 Å². The largest absolute Gasteiger partial charge is 0.481 e. The van der Waals surface area contributed by atoms with Crippen LogP contribution in [-0.2, 0) is 4.79 Å². The smallest absolute Gasteiger partial charge is 0.258 e. The Morgan fingerprint density at radius 3 is 2.27 bits per heavy atom. The molecule has 0 spiro atoms. The number of carbonyl (C=O) groups excluding carboxylic acids is 2. The lowest BCUT2D eigenvalue weighted by atomic mass is 10.1. The Hall–Kier alpha value is -2.63. The topological polar surface area (TPSA) is 87.2 Å². The molecule has 0 aliphatic rings. The van der Waals surface area contributed by atoms with Crippen molar-refractivity contribution in [2.75, 3.05) is 0 Å². The van der Waals surface area contributed by atoms with Gasteiger partial charge in [0.25, 0.3) is 5.91 Å². The second kappa shape index (κ2) is 6.01. The predicted molar refractivity (Wildman–Crippen MR) is 82.3 cm³/mol. The third-order valence-electron chi connectivity index (χ3n) is 3.44. The highest BCUT2D eigenvalue weighted by Crippen LogP contribution is 2.21. The lowest BCUT2D eigenvalue weighted by Crippen LogP contribution is -2.30. The number of nitrogens with two attached hydrogens (primary N) is 1. The summed E-state index contributed by atoms with van der Waals surface area (Å²) in [7, 11) is 0. The maximum atomic E-state index is 11.7. The highest BCUT2D eigenvalue weighted by molar-refractivity contribution is 5.96. The Morgan fingerprint density at radius 2 is 1.82 bits per heavy atom. The number of ketones is 1. The van der Waals surface area contributed by atoms with Crippen LogP contribution in [0.15, 0.2) is 24.3 Å². The van der Waals surface area contributed by atoms with Gasteiger partial charge in [-0.3, -0.25) is 9.59 Å². The highest BCUT2D eigenvalue weighted by Gasteiger charge is 2.16. The maximum absolute atomic E-state index is 11.7. The minimum atomic E-state index is -0.691. The van der Waals surface area contributed by atoms with Gasteiger partial charge >= 0.3 is 0 Å². The van der Waals surface area contributed by atoms with Crippen molar-refractivity contribution >= 4 is 11.7 Å². The molecule has 0 unspecified atom stereocenters. The Labute approximate surface area is 128 Å². The van der Waals surface area contributed by atoms with Gasteiger partial charge in [0.15, 0.2) is 11.9 Å². The summed E-state index contributed by atoms with van der Waals surface area (Å²) in [5.41, 5.74) is 8.11. The fourth-order valence-corrected chi connectivity index (χ4v) is 2.33. The zero-order valence-corrected chi connectivity index (χ0v) is 13.1. The van der Waals surface area contributed by atoms with Crippen molar-refractivity contribution in [1.29, 1.82) is 0 Å². The standard InChI is InChI=1S/C16H19N3O3/c1-9-15(11(3)20)10(2)19(18-9)13-5-7-14(8-6-13)22-12(4)16(17)21/h5-8,12H,1-4H3,(H2,17,21)/t12-/m0/s1. The van der Waals surface area contributed by atoms with E-state index in [1.165, 1.54) is 6.92 Å². The first-order valence-corrected chi connectivity index (χ1v) is 6.94. The number of hydrogen-bond acceptors (Lipinski definition) is 4. The molecule has 2 aromatic rings. The van der Waals surface area contributed by atoms with Crippen molar-refractivity contribution in [1.82, 2.24) is 9.78 Å². The van der Waals surface area contributed by atoms with E-state index in [4.69, 9.17) is 10.5 Å². The molecule has 2 N–H and O–H groups in total. The molecule has 0 aliphatic carbocycles. The van der Waals surface area contributed by atoms with E-state index in [1.54, 1.807) is 23.7 Å². The SMILES string of the molecule is CC(=O)c1c(C)nn(-c2ccc(O[C@@H](C)C(N)=O)cc2)c1C. The van der Waals surface area contributed by atoms with E-state index < -0.39 is 12.0 Å². The summed E-state index contributed by atoms with van der Waals surface area (Å²) >= 11 is 0. The first-order valence-electron chi connectivity index (χ1n) is 6.94. The number of aromatic nitrogens is 2. The number of rotatable bonds is 5. The highest BCUT2D eigenvalue weighted by atomic mass is 16.5. The summed E-state index contributed by atoms with van der Waals surface area (Å²) in [5, 5.41) is 4.40. The molecule has 1 amide bonds. The Balaban J connectivity index is 2.30. The molecule has 1 aromatic carbocycles. The summed E-state index contributed by atoms with van der Waals surface area (Å²) in [6, 6.07) is 7.09. The Kier molecular flexibility index (Phi) is 4.30.